The van der Waals surface area contributed by atoms with Crippen molar-refractivity contribution in [1.29, 1.82) is 0 Å². The number of benzene rings is 1. The summed E-state index contributed by atoms with van der Waals surface area (Å²) in [5.41, 5.74) is 2.14. The fraction of sp³-hybridized carbons (Fsp3) is 0.429. The van der Waals surface area contributed by atoms with Crippen molar-refractivity contribution in [2.75, 3.05) is 13.7 Å². The number of fused-ring (bicyclic) bond motifs is 1. The molecule has 1 atom stereocenters. The summed E-state index contributed by atoms with van der Waals surface area (Å²) in [6, 6.07) is 5.71. The zero-order valence-corrected chi connectivity index (χ0v) is 18.0. The Morgan fingerprint density at radius 2 is 1.96 bits per heavy atom. The lowest BCUT2D eigenvalue weighted by molar-refractivity contribution is 0.311. The van der Waals surface area contributed by atoms with Crippen molar-refractivity contribution in [3.63, 3.8) is 0 Å². The summed E-state index contributed by atoms with van der Waals surface area (Å²) in [4.78, 5) is 11.6. The van der Waals surface area contributed by atoms with E-state index < -0.39 is 0 Å². The van der Waals surface area contributed by atoms with Crippen LogP contribution in [0.1, 0.15) is 37.6 Å². The molecule has 0 radical (unpaired) electrons. The van der Waals surface area contributed by atoms with Crippen LogP contribution in [0.4, 0.5) is 0 Å². The minimum atomic E-state index is 0.519. The van der Waals surface area contributed by atoms with Crippen molar-refractivity contribution < 1.29 is 9.47 Å². The largest absolute Gasteiger partial charge is 0.493 e. The van der Waals surface area contributed by atoms with Crippen molar-refractivity contribution >= 4 is 33.2 Å². The first kappa shape index (κ1) is 19.9. The summed E-state index contributed by atoms with van der Waals surface area (Å²) in [6.07, 6.45) is 2.14. The van der Waals surface area contributed by atoms with Crippen LogP contribution in [0, 0.1) is 12.8 Å². The van der Waals surface area contributed by atoms with Crippen LogP contribution < -0.4 is 9.47 Å². The molecule has 2 heterocycles. The maximum atomic E-state index is 6.61. The summed E-state index contributed by atoms with van der Waals surface area (Å²) in [6.45, 7) is 9.14. The van der Waals surface area contributed by atoms with Crippen molar-refractivity contribution in [1.82, 2.24) is 9.97 Å². The summed E-state index contributed by atoms with van der Waals surface area (Å²) in [5.74, 6) is 2.57. The van der Waals surface area contributed by atoms with Gasteiger partial charge in [-0.05, 0) is 49.9 Å². The molecule has 0 aliphatic rings. The van der Waals surface area contributed by atoms with E-state index in [1.807, 2.05) is 25.1 Å². The molecule has 2 aromatic heterocycles. The first-order chi connectivity index (χ1) is 13.0. The van der Waals surface area contributed by atoms with Crippen molar-refractivity contribution in [2.45, 2.75) is 40.5 Å². The van der Waals surface area contributed by atoms with E-state index >= 15 is 0 Å². The van der Waals surface area contributed by atoms with Gasteiger partial charge >= 0.3 is 0 Å². The van der Waals surface area contributed by atoms with Crippen LogP contribution in [-0.4, -0.2) is 23.7 Å². The first-order valence-electron chi connectivity index (χ1n) is 9.25. The first-order valence-corrected chi connectivity index (χ1v) is 10.4. The van der Waals surface area contributed by atoms with Gasteiger partial charge < -0.3 is 9.47 Å². The number of thiophene rings is 1. The van der Waals surface area contributed by atoms with Crippen LogP contribution >= 0.6 is 22.9 Å². The molecule has 0 bridgehead atoms. The molecular weight excluding hydrogens is 380 g/mol. The van der Waals surface area contributed by atoms with Gasteiger partial charge in [0.1, 0.15) is 9.98 Å². The molecule has 0 aliphatic carbocycles. The molecule has 0 saturated carbocycles. The molecule has 0 saturated heterocycles. The molecule has 144 valence electrons. The van der Waals surface area contributed by atoms with Gasteiger partial charge in [-0.3, -0.25) is 0 Å². The lowest BCUT2D eigenvalue weighted by atomic mass is 9.98. The van der Waals surface area contributed by atoms with Gasteiger partial charge in [0.25, 0.3) is 0 Å². The Balaban J connectivity index is 2.07. The van der Waals surface area contributed by atoms with Gasteiger partial charge in [-0.15, -0.1) is 11.3 Å². The van der Waals surface area contributed by atoms with E-state index in [2.05, 4.69) is 25.8 Å². The highest BCUT2D eigenvalue weighted by molar-refractivity contribution is 7.18. The van der Waals surface area contributed by atoms with Crippen LogP contribution in [0.5, 0.6) is 11.5 Å². The molecule has 0 amide bonds. The Kier molecular flexibility index (Phi) is 6.22. The summed E-state index contributed by atoms with van der Waals surface area (Å²) in [5, 5.41) is 1.52. The lowest BCUT2D eigenvalue weighted by Crippen LogP contribution is -1.99. The third-order valence-corrected chi connectivity index (χ3v) is 6.09. The van der Waals surface area contributed by atoms with E-state index in [-0.39, 0.29) is 0 Å². The number of aromatic nitrogens is 2. The molecule has 0 unspecified atom stereocenters. The summed E-state index contributed by atoms with van der Waals surface area (Å²) >= 11 is 8.30. The van der Waals surface area contributed by atoms with E-state index in [9.17, 15) is 0 Å². The van der Waals surface area contributed by atoms with Crippen LogP contribution in [0.25, 0.3) is 21.6 Å². The van der Waals surface area contributed by atoms with Crippen molar-refractivity contribution in [3.8, 4) is 22.9 Å². The second kappa shape index (κ2) is 8.44. The fourth-order valence-corrected chi connectivity index (χ4v) is 4.47. The number of nitrogens with zero attached hydrogens (tertiary/aromatic N) is 2. The highest BCUT2D eigenvalue weighted by Gasteiger charge is 2.19. The van der Waals surface area contributed by atoms with E-state index in [0.717, 1.165) is 28.6 Å². The molecule has 0 aliphatic heterocycles. The zero-order valence-electron chi connectivity index (χ0n) is 16.4. The van der Waals surface area contributed by atoms with E-state index in [0.29, 0.717) is 35.0 Å². The summed E-state index contributed by atoms with van der Waals surface area (Å²) < 4.78 is 11.0. The molecule has 4 nitrogen and oxygen atoms in total. The zero-order chi connectivity index (χ0) is 19.6. The second-order valence-corrected chi connectivity index (χ2v) is 8.23. The molecule has 0 fully saturated rings. The van der Waals surface area contributed by atoms with Crippen LogP contribution in [0.2, 0.25) is 5.15 Å². The molecule has 6 heteroatoms. The quantitative estimate of drug-likeness (QED) is 0.432. The number of methoxy groups -OCH3 is 1. The van der Waals surface area contributed by atoms with Crippen molar-refractivity contribution in [3.05, 3.63) is 33.8 Å². The van der Waals surface area contributed by atoms with Gasteiger partial charge in [0.2, 0.25) is 0 Å². The second-order valence-electron chi connectivity index (χ2n) is 6.67. The number of hydrogen-bond donors (Lipinski definition) is 0. The Morgan fingerprint density at radius 1 is 1.19 bits per heavy atom. The van der Waals surface area contributed by atoms with Crippen LogP contribution in [0.3, 0.4) is 0 Å². The molecule has 3 aromatic rings. The van der Waals surface area contributed by atoms with E-state index in [1.165, 1.54) is 10.4 Å². The fourth-order valence-electron chi connectivity index (χ4n) is 3.07. The Bertz CT molecular complexity index is 955. The van der Waals surface area contributed by atoms with Gasteiger partial charge in [-0.25, -0.2) is 9.97 Å². The van der Waals surface area contributed by atoms with Gasteiger partial charge in [-0.1, -0.05) is 31.9 Å². The van der Waals surface area contributed by atoms with E-state index in [1.54, 1.807) is 18.4 Å². The van der Waals surface area contributed by atoms with Gasteiger partial charge in [0.05, 0.1) is 19.1 Å². The van der Waals surface area contributed by atoms with Crippen LogP contribution in [0.15, 0.2) is 18.2 Å². The third kappa shape index (κ3) is 4.04. The predicted octanol–water partition coefficient (Wildman–Crippen LogP) is 6.32. The minimum Gasteiger partial charge on any atom is -0.493 e. The lowest BCUT2D eigenvalue weighted by Gasteiger charge is -2.11. The molecule has 0 spiro atoms. The monoisotopic (exact) mass is 404 g/mol. The Morgan fingerprint density at radius 3 is 2.63 bits per heavy atom. The standard InChI is InChI=1S/C21H25ClN2O2S/c1-6-12(3)10-15-13(4)27-21-18(15)19(22)23-20(24-21)14-8-9-16(26-7-2)17(11-14)25-5/h8-9,11-12H,6-7,10H2,1-5H3/t12-/m1/s1. The van der Waals surface area contributed by atoms with E-state index in [4.69, 9.17) is 26.1 Å². The van der Waals surface area contributed by atoms with Gasteiger partial charge in [0, 0.05) is 10.4 Å². The van der Waals surface area contributed by atoms with Crippen LogP contribution in [-0.2, 0) is 6.42 Å². The normalized spacial score (nSPS) is 12.4. The number of rotatable bonds is 7. The molecule has 3 rings (SSSR count). The average Bonchev–Trinajstić information content (AvgIpc) is 2.97. The smallest absolute Gasteiger partial charge is 0.162 e. The van der Waals surface area contributed by atoms with Gasteiger partial charge in [-0.2, -0.15) is 0 Å². The molecular formula is C21H25ClN2O2S. The SMILES string of the molecule is CCOc1ccc(-c2nc(Cl)c3c(C[C@H](C)CC)c(C)sc3n2)cc1OC. The number of ether oxygens (including phenoxy) is 2. The number of halogens is 1. The minimum absolute atomic E-state index is 0.519. The number of hydrogen-bond acceptors (Lipinski definition) is 5. The molecule has 27 heavy (non-hydrogen) atoms. The highest BCUT2D eigenvalue weighted by Crippen LogP contribution is 2.38. The third-order valence-electron chi connectivity index (χ3n) is 4.78. The average molecular weight is 405 g/mol. The van der Waals surface area contributed by atoms with Crippen molar-refractivity contribution in [2.24, 2.45) is 5.92 Å². The Hall–Kier alpha value is -1.85. The number of aryl methyl sites for hydroxylation is 1. The predicted molar refractivity (Wildman–Crippen MR) is 113 cm³/mol. The maximum absolute atomic E-state index is 6.61. The molecule has 0 N–H and O–H groups in total. The molecule has 1 aromatic carbocycles. The Labute approximate surface area is 169 Å². The maximum Gasteiger partial charge on any atom is 0.162 e. The summed E-state index contributed by atoms with van der Waals surface area (Å²) in [7, 11) is 1.63. The topological polar surface area (TPSA) is 44.2 Å². The highest BCUT2D eigenvalue weighted by atomic mass is 35.5. The van der Waals surface area contributed by atoms with Gasteiger partial charge in [0.15, 0.2) is 17.3 Å².